The topological polar surface area (TPSA) is 20.3 Å². The van der Waals surface area contributed by atoms with E-state index in [-0.39, 0.29) is 5.78 Å². The van der Waals surface area contributed by atoms with Gasteiger partial charge in [-0.2, -0.15) is 0 Å². The summed E-state index contributed by atoms with van der Waals surface area (Å²) in [6.07, 6.45) is 0.571. The molecule has 0 saturated heterocycles. The van der Waals surface area contributed by atoms with E-state index in [0.29, 0.717) is 6.42 Å². The van der Waals surface area contributed by atoms with Crippen LogP contribution in [0.3, 0.4) is 0 Å². The highest BCUT2D eigenvalue weighted by Crippen LogP contribution is 2.13. The number of carbonyl (C=O) groups is 1. The number of hydrogen-bond donors (Lipinski definition) is 0. The van der Waals surface area contributed by atoms with Gasteiger partial charge < -0.3 is 4.90 Å². The first-order chi connectivity index (χ1) is 7.15. The molecule has 2 nitrogen and oxygen atoms in total. The van der Waals surface area contributed by atoms with E-state index in [2.05, 4.69) is 0 Å². The van der Waals surface area contributed by atoms with Gasteiger partial charge in [-0.05, 0) is 24.3 Å². The van der Waals surface area contributed by atoms with Crippen molar-refractivity contribution in [3.05, 3.63) is 29.8 Å². The molecule has 0 bridgehead atoms. The molecule has 0 fully saturated rings. The third kappa shape index (κ3) is 4.15. The number of anilines is 1. The Hall–Kier alpha value is -1.31. The van der Waals surface area contributed by atoms with E-state index in [9.17, 15) is 4.79 Å². The number of Topliss-reactive ketones (excluding diaryl/α,β-unsaturated/α-hetero) is 1. The maximum Gasteiger partial charge on any atom is 0.162 e. The van der Waals surface area contributed by atoms with Gasteiger partial charge in [-0.1, -0.05) is 20.8 Å². The monoisotopic (exact) mass is 207 g/mol. The minimum Gasteiger partial charge on any atom is -0.378 e. The first kappa shape index (κ1) is 13.7. The molecule has 84 valence electrons. The number of rotatable bonds is 3. The first-order valence-electron chi connectivity index (χ1n) is 5.45. The molecule has 0 heterocycles. The van der Waals surface area contributed by atoms with Gasteiger partial charge in [0.25, 0.3) is 0 Å². The molecule has 0 aliphatic heterocycles. The van der Waals surface area contributed by atoms with Crippen molar-refractivity contribution in [2.24, 2.45) is 0 Å². The molecule has 0 N–H and O–H groups in total. The summed E-state index contributed by atoms with van der Waals surface area (Å²) in [6, 6.07) is 7.67. The Morgan fingerprint density at radius 2 is 1.60 bits per heavy atom. The van der Waals surface area contributed by atoms with Crippen molar-refractivity contribution < 1.29 is 4.79 Å². The van der Waals surface area contributed by atoms with Crippen molar-refractivity contribution in [3.8, 4) is 0 Å². The second-order valence-corrected chi connectivity index (χ2v) is 3.22. The summed E-state index contributed by atoms with van der Waals surface area (Å²) in [5.74, 6) is 0.199. The minimum atomic E-state index is 0.199. The van der Waals surface area contributed by atoms with Crippen molar-refractivity contribution in [2.45, 2.75) is 27.2 Å². The highest BCUT2D eigenvalue weighted by molar-refractivity contribution is 5.96. The van der Waals surface area contributed by atoms with E-state index in [4.69, 9.17) is 0 Å². The minimum absolute atomic E-state index is 0.199. The molecule has 0 saturated carbocycles. The van der Waals surface area contributed by atoms with E-state index >= 15 is 0 Å². The van der Waals surface area contributed by atoms with Crippen LogP contribution < -0.4 is 4.90 Å². The van der Waals surface area contributed by atoms with Crippen LogP contribution >= 0.6 is 0 Å². The second kappa shape index (κ2) is 7.04. The highest BCUT2D eigenvalue weighted by atomic mass is 16.1. The Bertz CT molecular complexity index is 288. The summed E-state index contributed by atoms with van der Waals surface area (Å²) in [7, 11) is 3.97. The highest BCUT2D eigenvalue weighted by Gasteiger charge is 2.02. The lowest BCUT2D eigenvalue weighted by Gasteiger charge is -2.12. The fraction of sp³-hybridized carbons (Fsp3) is 0.462. The summed E-state index contributed by atoms with van der Waals surface area (Å²) in [5, 5.41) is 0. The summed E-state index contributed by atoms with van der Waals surface area (Å²) in [6.45, 7) is 5.88. The molecule has 0 unspecified atom stereocenters. The van der Waals surface area contributed by atoms with Crippen LogP contribution in [-0.4, -0.2) is 19.9 Å². The molecule has 1 rings (SSSR count). The summed E-state index contributed by atoms with van der Waals surface area (Å²) >= 11 is 0. The lowest BCUT2D eigenvalue weighted by molar-refractivity contribution is 0.0988. The van der Waals surface area contributed by atoms with Crippen LogP contribution in [0.15, 0.2) is 24.3 Å². The lowest BCUT2D eigenvalue weighted by Crippen LogP contribution is -2.08. The lowest BCUT2D eigenvalue weighted by atomic mass is 10.1. The fourth-order valence-corrected chi connectivity index (χ4v) is 1.15. The van der Waals surface area contributed by atoms with E-state index in [1.165, 1.54) is 0 Å². The van der Waals surface area contributed by atoms with E-state index in [1.807, 2.05) is 64.0 Å². The van der Waals surface area contributed by atoms with Gasteiger partial charge in [0, 0.05) is 31.8 Å². The van der Waals surface area contributed by atoms with Crippen LogP contribution in [0.4, 0.5) is 5.69 Å². The SMILES string of the molecule is CC.CCC(=O)c1ccc(N(C)C)cc1. The van der Waals surface area contributed by atoms with Crippen LogP contribution in [0, 0.1) is 0 Å². The molecular formula is C13H21NO. The van der Waals surface area contributed by atoms with E-state index in [1.54, 1.807) is 0 Å². The van der Waals surface area contributed by atoms with Gasteiger partial charge in [0.2, 0.25) is 0 Å². The molecule has 1 aromatic carbocycles. The molecule has 0 aliphatic rings. The van der Waals surface area contributed by atoms with Crippen LogP contribution in [0.25, 0.3) is 0 Å². The second-order valence-electron chi connectivity index (χ2n) is 3.22. The molecule has 0 spiro atoms. The van der Waals surface area contributed by atoms with Crippen molar-refractivity contribution in [3.63, 3.8) is 0 Å². The molecule has 15 heavy (non-hydrogen) atoms. The number of carbonyl (C=O) groups excluding carboxylic acids is 1. The summed E-state index contributed by atoms with van der Waals surface area (Å²) in [4.78, 5) is 13.3. The number of nitrogens with zero attached hydrogens (tertiary/aromatic N) is 1. The van der Waals surface area contributed by atoms with Gasteiger partial charge in [-0.15, -0.1) is 0 Å². The predicted molar refractivity (Wildman–Crippen MR) is 66.7 cm³/mol. The smallest absolute Gasteiger partial charge is 0.162 e. The van der Waals surface area contributed by atoms with Crippen LogP contribution in [0.5, 0.6) is 0 Å². The molecule has 2 heteroatoms. The van der Waals surface area contributed by atoms with E-state index < -0.39 is 0 Å². The van der Waals surface area contributed by atoms with Gasteiger partial charge in [0.15, 0.2) is 5.78 Å². The van der Waals surface area contributed by atoms with Gasteiger partial charge in [0.1, 0.15) is 0 Å². The van der Waals surface area contributed by atoms with Gasteiger partial charge in [-0.3, -0.25) is 4.79 Å². The Labute approximate surface area is 92.9 Å². The van der Waals surface area contributed by atoms with Crippen molar-refractivity contribution in [1.29, 1.82) is 0 Å². The van der Waals surface area contributed by atoms with Crippen molar-refractivity contribution in [1.82, 2.24) is 0 Å². The van der Waals surface area contributed by atoms with Gasteiger partial charge >= 0.3 is 0 Å². The van der Waals surface area contributed by atoms with Crippen LogP contribution in [0.1, 0.15) is 37.6 Å². The summed E-state index contributed by atoms with van der Waals surface area (Å²) < 4.78 is 0. The van der Waals surface area contributed by atoms with Crippen LogP contribution in [-0.2, 0) is 0 Å². The molecular weight excluding hydrogens is 186 g/mol. The maximum atomic E-state index is 11.3. The Kier molecular flexibility index (Phi) is 6.43. The predicted octanol–water partition coefficient (Wildman–Crippen LogP) is 3.37. The van der Waals surface area contributed by atoms with Crippen LogP contribution in [0.2, 0.25) is 0 Å². The van der Waals surface area contributed by atoms with E-state index in [0.717, 1.165) is 11.3 Å². The Morgan fingerprint density at radius 1 is 1.13 bits per heavy atom. The molecule has 0 aliphatic carbocycles. The maximum absolute atomic E-state index is 11.3. The summed E-state index contributed by atoms with van der Waals surface area (Å²) in [5.41, 5.74) is 1.92. The molecule has 0 amide bonds. The largest absolute Gasteiger partial charge is 0.378 e. The average Bonchev–Trinajstić information content (AvgIpc) is 2.31. The Balaban J connectivity index is 0.000000921. The zero-order valence-electron chi connectivity index (χ0n) is 10.4. The van der Waals surface area contributed by atoms with Crippen molar-refractivity contribution >= 4 is 11.5 Å². The molecule has 1 aromatic rings. The zero-order valence-corrected chi connectivity index (χ0v) is 10.4. The first-order valence-corrected chi connectivity index (χ1v) is 5.45. The van der Waals surface area contributed by atoms with Gasteiger partial charge in [-0.25, -0.2) is 0 Å². The third-order valence-electron chi connectivity index (χ3n) is 2.03. The standard InChI is InChI=1S/C11H15NO.C2H6/c1-4-11(13)9-5-7-10(8-6-9)12(2)3;1-2/h5-8H,4H2,1-3H3;1-2H3. The molecule has 0 atom stereocenters. The molecule has 0 aromatic heterocycles. The third-order valence-corrected chi connectivity index (χ3v) is 2.03. The number of benzene rings is 1. The quantitative estimate of drug-likeness (QED) is 0.708. The molecule has 0 radical (unpaired) electrons. The Morgan fingerprint density at radius 3 is 1.93 bits per heavy atom. The normalized spacial score (nSPS) is 8.87. The van der Waals surface area contributed by atoms with Crippen molar-refractivity contribution in [2.75, 3.05) is 19.0 Å². The zero-order chi connectivity index (χ0) is 11.8. The number of ketones is 1. The average molecular weight is 207 g/mol. The number of hydrogen-bond acceptors (Lipinski definition) is 2. The van der Waals surface area contributed by atoms with Gasteiger partial charge in [0.05, 0.1) is 0 Å². The fourth-order valence-electron chi connectivity index (χ4n) is 1.15.